The molecule has 0 aliphatic carbocycles. The van der Waals surface area contributed by atoms with E-state index in [0.29, 0.717) is 6.42 Å². The van der Waals surface area contributed by atoms with Gasteiger partial charge in [-0.1, -0.05) is 66.7 Å². The predicted octanol–water partition coefficient (Wildman–Crippen LogP) is 4.56. The molecule has 0 N–H and O–H groups in total. The van der Waals surface area contributed by atoms with Gasteiger partial charge in [-0.2, -0.15) is 0 Å². The highest BCUT2D eigenvalue weighted by atomic mass is 16.7. The molecule has 1 heterocycles. The Balaban J connectivity index is 1.76. The smallest absolute Gasteiger partial charge is 0.399 e. The lowest BCUT2D eigenvalue weighted by molar-refractivity contribution is 0.00578. The molecular weight excluding hydrogens is 347 g/mol. The SMILES string of the molecule is CC1(C)OB(c2cccc3cccc(CC(=O)c4ccccc4)c23)OC1(C)C. The Morgan fingerprint density at radius 1 is 0.821 bits per heavy atom. The molecule has 3 nitrogen and oxygen atoms in total. The second-order valence-corrected chi connectivity index (χ2v) is 8.42. The molecule has 0 bridgehead atoms. The van der Waals surface area contributed by atoms with Crippen molar-refractivity contribution >= 4 is 29.1 Å². The first-order chi connectivity index (χ1) is 13.3. The summed E-state index contributed by atoms with van der Waals surface area (Å²) in [6.45, 7) is 8.21. The van der Waals surface area contributed by atoms with Gasteiger partial charge < -0.3 is 9.31 Å². The first-order valence-electron chi connectivity index (χ1n) is 9.73. The van der Waals surface area contributed by atoms with E-state index in [4.69, 9.17) is 9.31 Å². The van der Waals surface area contributed by atoms with Gasteiger partial charge in [0.05, 0.1) is 11.2 Å². The van der Waals surface area contributed by atoms with Crippen LogP contribution in [0.5, 0.6) is 0 Å². The minimum atomic E-state index is -0.457. The minimum Gasteiger partial charge on any atom is -0.399 e. The van der Waals surface area contributed by atoms with Crippen molar-refractivity contribution in [1.29, 1.82) is 0 Å². The first kappa shape index (κ1) is 18.9. The second kappa shape index (κ2) is 6.87. The number of rotatable bonds is 4. The Hall–Kier alpha value is -2.43. The van der Waals surface area contributed by atoms with Gasteiger partial charge in [0, 0.05) is 12.0 Å². The van der Waals surface area contributed by atoms with Gasteiger partial charge in [-0.3, -0.25) is 4.79 Å². The van der Waals surface area contributed by atoms with Gasteiger partial charge in [-0.05, 0) is 49.5 Å². The molecular formula is C24H25BO3. The maximum Gasteiger partial charge on any atom is 0.495 e. The molecule has 4 heteroatoms. The highest BCUT2D eigenvalue weighted by molar-refractivity contribution is 6.65. The van der Waals surface area contributed by atoms with Crippen LogP contribution in [-0.2, 0) is 15.7 Å². The Morgan fingerprint density at radius 3 is 2.07 bits per heavy atom. The van der Waals surface area contributed by atoms with E-state index >= 15 is 0 Å². The normalized spacial score (nSPS) is 17.8. The number of fused-ring (bicyclic) bond motifs is 1. The van der Waals surface area contributed by atoms with Crippen LogP contribution in [0.15, 0.2) is 66.7 Å². The highest BCUT2D eigenvalue weighted by Gasteiger charge is 2.52. The first-order valence-corrected chi connectivity index (χ1v) is 9.73. The number of carbonyl (C=O) groups is 1. The van der Waals surface area contributed by atoms with Gasteiger partial charge >= 0.3 is 7.12 Å². The van der Waals surface area contributed by atoms with Crippen LogP contribution in [-0.4, -0.2) is 24.1 Å². The number of carbonyl (C=O) groups excluding carboxylic acids is 1. The molecule has 0 spiro atoms. The third kappa shape index (κ3) is 3.27. The quantitative estimate of drug-likeness (QED) is 0.497. The molecule has 0 aromatic heterocycles. The van der Waals surface area contributed by atoms with E-state index in [1.165, 1.54) is 0 Å². The van der Waals surface area contributed by atoms with Crippen molar-refractivity contribution in [3.63, 3.8) is 0 Å². The third-order valence-electron chi connectivity index (χ3n) is 5.98. The largest absolute Gasteiger partial charge is 0.495 e. The molecule has 0 saturated carbocycles. The summed E-state index contributed by atoms with van der Waals surface area (Å²) >= 11 is 0. The van der Waals surface area contributed by atoms with E-state index in [9.17, 15) is 4.79 Å². The van der Waals surface area contributed by atoms with Crippen LogP contribution >= 0.6 is 0 Å². The van der Waals surface area contributed by atoms with Crippen molar-refractivity contribution in [2.45, 2.75) is 45.3 Å². The third-order valence-corrected chi connectivity index (χ3v) is 5.98. The summed E-state index contributed by atoms with van der Waals surface area (Å²) in [5, 5.41) is 2.14. The number of hydrogen-bond acceptors (Lipinski definition) is 3. The number of ketones is 1. The topological polar surface area (TPSA) is 35.5 Å². The summed E-state index contributed by atoms with van der Waals surface area (Å²) in [4.78, 5) is 12.8. The molecule has 0 unspecified atom stereocenters. The minimum absolute atomic E-state index is 0.108. The van der Waals surface area contributed by atoms with Crippen molar-refractivity contribution in [3.8, 4) is 0 Å². The maximum atomic E-state index is 12.8. The van der Waals surface area contributed by atoms with E-state index in [1.807, 2.05) is 54.6 Å². The average Bonchev–Trinajstić information content (AvgIpc) is 2.89. The van der Waals surface area contributed by atoms with Crippen molar-refractivity contribution in [3.05, 3.63) is 77.9 Å². The van der Waals surface area contributed by atoms with Crippen molar-refractivity contribution in [1.82, 2.24) is 0 Å². The molecule has 1 saturated heterocycles. The van der Waals surface area contributed by atoms with Crippen LogP contribution < -0.4 is 5.46 Å². The average molecular weight is 372 g/mol. The van der Waals surface area contributed by atoms with Crippen molar-refractivity contribution < 1.29 is 14.1 Å². The van der Waals surface area contributed by atoms with Gasteiger partial charge in [-0.25, -0.2) is 0 Å². The lowest BCUT2D eigenvalue weighted by Crippen LogP contribution is -2.41. The Morgan fingerprint density at radius 2 is 1.43 bits per heavy atom. The Bertz CT molecular complexity index is 1000. The van der Waals surface area contributed by atoms with E-state index < -0.39 is 18.3 Å². The number of Topliss-reactive ketones (excluding diaryl/α,β-unsaturated/α-hetero) is 1. The highest BCUT2D eigenvalue weighted by Crippen LogP contribution is 2.37. The zero-order valence-corrected chi connectivity index (χ0v) is 16.9. The fraction of sp³-hybridized carbons (Fsp3) is 0.292. The molecule has 0 radical (unpaired) electrons. The fourth-order valence-electron chi connectivity index (χ4n) is 3.66. The molecule has 0 amide bonds. The summed E-state index contributed by atoms with van der Waals surface area (Å²) in [5.74, 6) is 0.108. The number of benzene rings is 3. The molecule has 3 aromatic rings. The van der Waals surface area contributed by atoms with Crippen LogP contribution in [0.3, 0.4) is 0 Å². The summed E-state index contributed by atoms with van der Waals surface area (Å²) in [7, 11) is -0.457. The lowest BCUT2D eigenvalue weighted by Gasteiger charge is -2.32. The molecule has 1 fully saturated rings. The Kier molecular flexibility index (Phi) is 4.64. The van der Waals surface area contributed by atoms with Gasteiger partial charge in [0.2, 0.25) is 0 Å². The molecule has 1 aliphatic rings. The fourth-order valence-corrected chi connectivity index (χ4v) is 3.66. The van der Waals surface area contributed by atoms with Gasteiger partial charge in [0.25, 0.3) is 0 Å². The Labute approximate surface area is 166 Å². The lowest BCUT2D eigenvalue weighted by atomic mass is 9.74. The predicted molar refractivity (Wildman–Crippen MR) is 114 cm³/mol. The van der Waals surface area contributed by atoms with Crippen LogP contribution in [0.1, 0.15) is 43.6 Å². The monoisotopic (exact) mass is 372 g/mol. The maximum absolute atomic E-state index is 12.8. The summed E-state index contributed by atoms with van der Waals surface area (Å²) in [6.07, 6.45) is 0.345. The van der Waals surface area contributed by atoms with Crippen molar-refractivity contribution in [2.24, 2.45) is 0 Å². The van der Waals surface area contributed by atoms with Crippen LogP contribution in [0.25, 0.3) is 10.8 Å². The molecule has 28 heavy (non-hydrogen) atoms. The van der Waals surface area contributed by atoms with E-state index in [2.05, 4.69) is 39.8 Å². The standard InChI is InChI=1S/C24H25BO3/c1-23(2)24(3,4)28-25(27-23)20-15-9-13-18-12-8-14-19(22(18)20)16-21(26)17-10-6-5-7-11-17/h5-15H,16H2,1-4H3. The van der Waals surface area contributed by atoms with Crippen LogP contribution in [0, 0.1) is 0 Å². The van der Waals surface area contributed by atoms with Crippen molar-refractivity contribution in [2.75, 3.05) is 0 Å². The summed E-state index contributed by atoms with van der Waals surface area (Å²) in [5.41, 5.74) is 1.89. The zero-order chi connectivity index (χ0) is 19.9. The zero-order valence-electron chi connectivity index (χ0n) is 16.9. The molecule has 4 rings (SSSR count). The molecule has 0 atom stereocenters. The second-order valence-electron chi connectivity index (χ2n) is 8.42. The van der Waals surface area contributed by atoms with Gasteiger partial charge in [0.1, 0.15) is 0 Å². The van der Waals surface area contributed by atoms with Gasteiger partial charge in [0.15, 0.2) is 5.78 Å². The molecule has 3 aromatic carbocycles. The van der Waals surface area contributed by atoms with E-state index in [1.54, 1.807) is 0 Å². The van der Waals surface area contributed by atoms with Crippen LogP contribution in [0.4, 0.5) is 0 Å². The molecule has 142 valence electrons. The summed E-state index contributed by atoms with van der Waals surface area (Å²) < 4.78 is 12.6. The van der Waals surface area contributed by atoms with E-state index in [0.717, 1.165) is 27.4 Å². The van der Waals surface area contributed by atoms with Gasteiger partial charge in [-0.15, -0.1) is 0 Å². The van der Waals surface area contributed by atoms with Crippen LogP contribution in [0.2, 0.25) is 0 Å². The summed E-state index contributed by atoms with van der Waals surface area (Å²) in [6, 6.07) is 21.7. The number of hydrogen-bond donors (Lipinski definition) is 0. The van der Waals surface area contributed by atoms with E-state index in [-0.39, 0.29) is 5.78 Å². The molecule has 1 aliphatic heterocycles.